The molecular formula is C44H114. The van der Waals surface area contributed by atoms with Crippen LogP contribution in [0.2, 0.25) is 0 Å². The lowest BCUT2D eigenvalue weighted by atomic mass is 9.67. The first-order valence-corrected chi connectivity index (χ1v) is 15.8. The molecule has 0 fully saturated rings. The fraction of sp³-hybridized carbons (Fsp3) is 1.00. The van der Waals surface area contributed by atoms with Gasteiger partial charge in [0.25, 0.3) is 0 Å². The average Bonchev–Trinajstić information content (AvgIpc) is 2.78. The van der Waals surface area contributed by atoms with Crippen LogP contribution >= 0.6 is 0 Å². The van der Waals surface area contributed by atoms with E-state index in [4.69, 9.17) is 0 Å². The molecule has 0 bridgehead atoms. The molecule has 0 heterocycles. The van der Waals surface area contributed by atoms with Crippen molar-refractivity contribution < 1.29 is 0 Å². The van der Waals surface area contributed by atoms with Gasteiger partial charge in [0.15, 0.2) is 0 Å². The van der Waals surface area contributed by atoms with Gasteiger partial charge in [0.2, 0.25) is 0 Å². The van der Waals surface area contributed by atoms with E-state index in [0.29, 0.717) is 5.41 Å². The summed E-state index contributed by atoms with van der Waals surface area (Å²) in [5.74, 6) is 2.75. The predicted octanol–water partition coefficient (Wildman–Crippen LogP) is 19.8. The molecule has 0 saturated carbocycles. The minimum absolute atomic E-state index is 0. The van der Waals surface area contributed by atoms with E-state index >= 15 is 0 Å². The molecule has 0 nitrogen and oxygen atoms in total. The maximum atomic E-state index is 2.48. The number of hydrogen-bond donors (Lipinski definition) is 0. The van der Waals surface area contributed by atoms with Gasteiger partial charge in [-0.05, 0) is 42.4 Å². The highest BCUT2D eigenvalue weighted by molar-refractivity contribution is 4.82. The zero-order valence-electron chi connectivity index (χ0n) is 25.4. The maximum absolute atomic E-state index is 2.48. The fourth-order valence-electron chi connectivity index (χ4n) is 5.55. The molecule has 0 aliphatic heterocycles. The highest BCUT2D eigenvalue weighted by Gasteiger charge is 2.31. The average molecular weight is 643 g/mol. The summed E-state index contributed by atoms with van der Waals surface area (Å²) in [7, 11) is 0. The van der Waals surface area contributed by atoms with Crippen molar-refractivity contribution in [3.63, 3.8) is 0 Å². The highest BCUT2D eigenvalue weighted by atomic mass is 14.4. The Hall–Kier alpha value is 0. The van der Waals surface area contributed by atoms with Crippen molar-refractivity contribution in [3.05, 3.63) is 0 Å². The van der Waals surface area contributed by atoms with Gasteiger partial charge in [0, 0.05) is 0 Å². The van der Waals surface area contributed by atoms with E-state index in [-0.39, 0.29) is 81.7 Å². The fourth-order valence-corrected chi connectivity index (χ4v) is 5.55. The second-order valence-corrected chi connectivity index (χ2v) is 11.9. The predicted molar refractivity (Wildman–Crippen MR) is 230 cm³/mol. The van der Waals surface area contributed by atoms with Crippen molar-refractivity contribution in [2.75, 3.05) is 0 Å². The van der Waals surface area contributed by atoms with Crippen LogP contribution in [0.5, 0.6) is 0 Å². The van der Waals surface area contributed by atoms with Crippen LogP contribution in [0.4, 0.5) is 0 Å². The minimum atomic E-state index is 0. The van der Waals surface area contributed by atoms with Gasteiger partial charge in [-0.15, -0.1) is 0 Å². The van der Waals surface area contributed by atoms with E-state index < -0.39 is 0 Å². The van der Waals surface area contributed by atoms with Gasteiger partial charge in [0.1, 0.15) is 0 Å². The molecule has 0 aliphatic rings. The van der Waals surface area contributed by atoms with Crippen LogP contribution in [0.25, 0.3) is 0 Å². The van der Waals surface area contributed by atoms with Gasteiger partial charge in [0.05, 0.1) is 0 Å². The normalized spacial score (nSPS) is 9.00. The van der Waals surface area contributed by atoms with Gasteiger partial charge in [-0.2, -0.15) is 0 Å². The quantitative estimate of drug-likeness (QED) is 0.103. The zero-order valence-corrected chi connectivity index (χ0v) is 25.4. The summed E-state index contributed by atoms with van der Waals surface area (Å²) in [6.45, 7) is 21.3. The number of rotatable bonds is 22. The highest BCUT2D eigenvalue weighted by Crippen LogP contribution is 2.43. The van der Waals surface area contributed by atoms with Gasteiger partial charge < -0.3 is 0 Å². The molecular weight excluding hydrogens is 528 g/mol. The first kappa shape index (κ1) is 84.7. The summed E-state index contributed by atoms with van der Waals surface area (Å²) in [5.41, 5.74) is 0.652. The van der Waals surface area contributed by atoms with E-state index in [1.165, 1.54) is 128 Å². The summed E-state index contributed by atoms with van der Waals surface area (Å²) in [4.78, 5) is 0. The van der Waals surface area contributed by atoms with Crippen LogP contribution in [-0.4, -0.2) is 0 Å². The molecule has 0 rings (SSSR count). The number of hydrogen-bond acceptors (Lipinski definition) is 0. The second-order valence-electron chi connectivity index (χ2n) is 11.9. The van der Waals surface area contributed by atoms with Crippen LogP contribution in [0, 0.1) is 23.2 Å². The van der Waals surface area contributed by atoms with Crippen molar-refractivity contribution in [1.82, 2.24) is 0 Å². The Labute approximate surface area is 295 Å². The van der Waals surface area contributed by atoms with Crippen LogP contribution in [-0.2, 0) is 0 Å². The summed E-state index contributed by atoms with van der Waals surface area (Å²) < 4.78 is 0. The summed E-state index contributed by atoms with van der Waals surface area (Å²) in [5, 5.41) is 0. The molecule has 0 aliphatic carbocycles. The Bertz CT molecular complexity index is 317. The third kappa shape index (κ3) is 48.9. The molecule has 0 spiro atoms. The van der Waals surface area contributed by atoms with Crippen molar-refractivity contribution in [3.8, 4) is 0 Å². The van der Waals surface area contributed by atoms with Crippen molar-refractivity contribution in [1.29, 1.82) is 0 Å². The molecule has 0 aromatic heterocycles. The molecule has 44 heavy (non-hydrogen) atoms. The van der Waals surface area contributed by atoms with E-state index in [0.717, 1.165) is 17.8 Å². The molecule has 0 saturated heterocycles. The monoisotopic (exact) mass is 643 g/mol. The Morgan fingerprint density at radius 3 is 0.750 bits per heavy atom. The van der Waals surface area contributed by atoms with Gasteiger partial charge >= 0.3 is 0 Å². The minimum Gasteiger partial charge on any atom is -0.0776 e. The van der Waals surface area contributed by atoms with Gasteiger partial charge in [-0.3, -0.25) is 0 Å². The van der Waals surface area contributed by atoms with Gasteiger partial charge in [-0.1, -0.05) is 253 Å². The lowest BCUT2D eigenvalue weighted by Gasteiger charge is -2.39. The second kappa shape index (κ2) is 61.9. The lowest BCUT2D eigenvalue weighted by Crippen LogP contribution is -2.27. The van der Waals surface area contributed by atoms with Gasteiger partial charge in [-0.25, -0.2) is 0 Å². The topological polar surface area (TPSA) is 0 Å². The van der Waals surface area contributed by atoms with Crippen molar-refractivity contribution in [2.24, 2.45) is 23.2 Å². The van der Waals surface area contributed by atoms with E-state index in [2.05, 4.69) is 62.3 Å². The smallest absolute Gasteiger partial charge is 0.0274 e. The van der Waals surface area contributed by atoms with Crippen molar-refractivity contribution in [2.45, 2.75) is 272 Å². The van der Waals surface area contributed by atoms with Crippen molar-refractivity contribution >= 4 is 0 Å². The van der Waals surface area contributed by atoms with Crippen LogP contribution in [0.1, 0.15) is 272 Å². The Morgan fingerprint density at radius 2 is 0.568 bits per heavy atom. The zero-order chi connectivity index (χ0) is 25.4. The molecule has 0 radical (unpaired) electrons. The SMILES string of the molecule is C.C.C.C.C.C.C.C.C.C.C.CCCCCC(CCCCC)(CCCCC)C(C)C.CCCCCC(CCCCC)C(C)C. The van der Waals surface area contributed by atoms with Crippen LogP contribution in [0.3, 0.4) is 0 Å². The Balaban J connectivity index is -0.0000000325. The first-order chi connectivity index (χ1) is 15.8. The van der Waals surface area contributed by atoms with Crippen LogP contribution < -0.4 is 0 Å². The number of unbranched alkanes of at least 4 members (excludes halogenated alkanes) is 10. The van der Waals surface area contributed by atoms with Crippen LogP contribution in [0.15, 0.2) is 0 Å². The molecule has 0 amide bonds. The lowest BCUT2D eigenvalue weighted by molar-refractivity contribution is 0.123. The van der Waals surface area contributed by atoms with E-state index in [1.807, 2.05) is 0 Å². The summed E-state index contributed by atoms with van der Waals surface area (Å²) in [6.07, 6.45) is 28.6. The molecule has 0 atom stereocenters. The maximum Gasteiger partial charge on any atom is -0.0274 e. The van der Waals surface area contributed by atoms with E-state index in [1.54, 1.807) is 0 Å². The summed E-state index contributed by atoms with van der Waals surface area (Å²) in [6, 6.07) is 0. The van der Waals surface area contributed by atoms with E-state index in [9.17, 15) is 0 Å². The standard InChI is InChI=1S/C19H40.C14H30.11CH4/c1-6-9-12-15-19(18(4)5,16-13-10-7-2)17-14-11-8-3;1-5-7-9-11-14(13(3)4)12-10-8-6-2;;;;;;;;;;;/h18H,6-17H2,1-5H3;13-14H,5-12H2,1-4H3;11*1H4. The molecule has 0 aromatic rings. The molecule has 0 unspecified atom stereocenters. The first-order valence-electron chi connectivity index (χ1n) is 15.8. The largest absolute Gasteiger partial charge is 0.0776 e. The third-order valence-electron chi connectivity index (χ3n) is 8.36. The summed E-state index contributed by atoms with van der Waals surface area (Å²) >= 11 is 0. The molecule has 0 aromatic carbocycles. The molecule has 0 N–H and O–H groups in total. The Kier molecular flexibility index (Phi) is 119. The molecule has 0 heteroatoms. The third-order valence-corrected chi connectivity index (χ3v) is 8.36. The Morgan fingerprint density at radius 1 is 0.341 bits per heavy atom. The molecule has 290 valence electrons.